The first-order valence-corrected chi connectivity index (χ1v) is 8.76. The number of rotatable bonds is 7. The van der Waals surface area contributed by atoms with Crippen molar-refractivity contribution in [3.63, 3.8) is 0 Å². The monoisotopic (exact) mass is 370 g/mol. The number of methoxy groups -OCH3 is 1. The number of non-ortho nitro benzene ring substituents is 1. The number of ether oxygens (including phenoxy) is 1. The predicted octanol–water partition coefficient (Wildman–Crippen LogP) is 2.78. The highest BCUT2D eigenvalue weighted by Gasteiger charge is 2.21. The Kier molecular flexibility index (Phi) is 5.76. The first kappa shape index (κ1) is 18.2. The number of nitrogens with one attached hydrogen (secondary N) is 1. The molecule has 0 saturated carbocycles. The highest BCUT2D eigenvalue weighted by molar-refractivity contribution is 7.89. The maximum absolute atomic E-state index is 12.4. The molecule has 0 fully saturated rings. The van der Waals surface area contributed by atoms with E-state index in [1.165, 1.54) is 7.11 Å². The summed E-state index contributed by atoms with van der Waals surface area (Å²) in [6, 6.07) is 10.4. The van der Waals surface area contributed by atoms with Crippen molar-refractivity contribution in [2.45, 2.75) is 11.3 Å². The Morgan fingerprint density at radius 2 is 1.88 bits per heavy atom. The minimum Gasteiger partial charge on any atom is -0.495 e. The fourth-order valence-electron chi connectivity index (χ4n) is 2.05. The van der Waals surface area contributed by atoms with Gasteiger partial charge in [0.2, 0.25) is 10.0 Å². The fraction of sp³-hybridized carbons (Fsp3) is 0.200. The van der Waals surface area contributed by atoms with E-state index in [0.29, 0.717) is 11.4 Å². The van der Waals surface area contributed by atoms with Crippen molar-refractivity contribution in [2.75, 3.05) is 13.7 Å². The van der Waals surface area contributed by atoms with Gasteiger partial charge >= 0.3 is 0 Å². The second kappa shape index (κ2) is 7.61. The SMILES string of the molecule is COc1cc([N+](=O)[O-])ccc1S(=O)(=O)NCCc1ccc(Cl)cc1. The molecule has 0 saturated heterocycles. The Bertz CT molecular complexity index is 837. The summed E-state index contributed by atoms with van der Waals surface area (Å²) < 4.78 is 32.1. The third kappa shape index (κ3) is 4.44. The molecular weight excluding hydrogens is 356 g/mol. The highest BCUT2D eigenvalue weighted by atomic mass is 35.5. The van der Waals surface area contributed by atoms with Gasteiger partial charge in [-0.15, -0.1) is 0 Å². The molecule has 0 bridgehead atoms. The topological polar surface area (TPSA) is 98.5 Å². The predicted molar refractivity (Wildman–Crippen MR) is 90.0 cm³/mol. The van der Waals surface area contributed by atoms with Crippen LogP contribution in [0.25, 0.3) is 0 Å². The summed E-state index contributed by atoms with van der Waals surface area (Å²) in [7, 11) is -2.59. The van der Waals surface area contributed by atoms with E-state index < -0.39 is 14.9 Å². The molecule has 0 unspecified atom stereocenters. The van der Waals surface area contributed by atoms with Crippen LogP contribution >= 0.6 is 11.6 Å². The lowest BCUT2D eigenvalue weighted by Crippen LogP contribution is -2.26. The molecule has 24 heavy (non-hydrogen) atoms. The molecular formula is C15H15ClN2O5S. The minimum absolute atomic E-state index is 0.0804. The van der Waals surface area contributed by atoms with Crippen molar-refractivity contribution in [1.29, 1.82) is 0 Å². The molecule has 0 aromatic heterocycles. The van der Waals surface area contributed by atoms with Gasteiger partial charge in [-0.25, -0.2) is 13.1 Å². The van der Waals surface area contributed by atoms with Crippen LogP contribution in [0.2, 0.25) is 5.02 Å². The second-order valence-corrected chi connectivity index (χ2v) is 7.04. The van der Waals surface area contributed by atoms with Crippen molar-refractivity contribution >= 4 is 27.3 Å². The van der Waals surface area contributed by atoms with Gasteiger partial charge in [-0.1, -0.05) is 23.7 Å². The summed E-state index contributed by atoms with van der Waals surface area (Å²) in [5, 5.41) is 11.4. The maximum atomic E-state index is 12.4. The van der Waals surface area contributed by atoms with Crippen LogP contribution in [0.1, 0.15) is 5.56 Å². The third-order valence-corrected chi connectivity index (χ3v) is 5.02. The van der Waals surface area contributed by atoms with Gasteiger partial charge in [0.1, 0.15) is 10.6 Å². The number of hydrogen-bond donors (Lipinski definition) is 1. The quantitative estimate of drug-likeness (QED) is 0.596. The molecule has 0 amide bonds. The summed E-state index contributed by atoms with van der Waals surface area (Å²) >= 11 is 5.79. The van der Waals surface area contributed by atoms with Gasteiger partial charge in [-0.05, 0) is 30.2 Å². The van der Waals surface area contributed by atoms with Gasteiger partial charge in [-0.3, -0.25) is 10.1 Å². The number of halogens is 1. The Balaban J connectivity index is 2.12. The smallest absolute Gasteiger partial charge is 0.273 e. The van der Waals surface area contributed by atoms with E-state index in [9.17, 15) is 18.5 Å². The maximum Gasteiger partial charge on any atom is 0.273 e. The van der Waals surface area contributed by atoms with E-state index in [0.717, 1.165) is 23.8 Å². The lowest BCUT2D eigenvalue weighted by Gasteiger charge is -2.10. The van der Waals surface area contributed by atoms with Crippen LogP contribution < -0.4 is 9.46 Å². The Labute approximate surface area is 144 Å². The normalized spacial score (nSPS) is 11.2. The van der Waals surface area contributed by atoms with E-state index in [2.05, 4.69) is 4.72 Å². The highest BCUT2D eigenvalue weighted by Crippen LogP contribution is 2.28. The number of nitro benzene ring substituents is 1. The van der Waals surface area contributed by atoms with E-state index in [1.807, 2.05) is 12.1 Å². The van der Waals surface area contributed by atoms with Crippen LogP contribution in [0.5, 0.6) is 5.75 Å². The summed E-state index contributed by atoms with van der Waals surface area (Å²) in [4.78, 5) is 9.99. The van der Waals surface area contributed by atoms with Gasteiger partial charge in [0, 0.05) is 17.6 Å². The fourth-order valence-corrected chi connectivity index (χ4v) is 3.36. The van der Waals surface area contributed by atoms with Crippen molar-refractivity contribution in [3.05, 3.63) is 63.2 Å². The molecule has 2 aromatic rings. The van der Waals surface area contributed by atoms with Crippen LogP contribution in [-0.2, 0) is 16.4 Å². The van der Waals surface area contributed by atoms with Crippen molar-refractivity contribution in [3.8, 4) is 5.75 Å². The Morgan fingerprint density at radius 1 is 1.21 bits per heavy atom. The second-order valence-electron chi connectivity index (χ2n) is 4.87. The van der Waals surface area contributed by atoms with E-state index >= 15 is 0 Å². The van der Waals surface area contributed by atoms with Crippen LogP contribution in [0.3, 0.4) is 0 Å². The average Bonchev–Trinajstić information content (AvgIpc) is 2.55. The molecule has 0 heterocycles. The summed E-state index contributed by atoms with van der Waals surface area (Å²) in [6.07, 6.45) is 0.478. The van der Waals surface area contributed by atoms with Gasteiger partial charge in [-0.2, -0.15) is 0 Å². The summed E-state index contributed by atoms with van der Waals surface area (Å²) in [5.41, 5.74) is 0.685. The molecule has 1 N–H and O–H groups in total. The molecule has 0 spiro atoms. The minimum atomic E-state index is -3.85. The lowest BCUT2D eigenvalue weighted by atomic mass is 10.2. The first-order valence-electron chi connectivity index (χ1n) is 6.90. The van der Waals surface area contributed by atoms with Crippen molar-refractivity contribution < 1.29 is 18.1 Å². The zero-order valence-corrected chi connectivity index (χ0v) is 14.3. The standard InChI is InChI=1S/C15H15ClN2O5S/c1-23-14-10-13(18(19)20)6-7-15(14)24(21,22)17-9-8-11-2-4-12(16)5-3-11/h2-7,10,17H,8-9H2,1H3. The number of benzene rings is 2. The Hall–Kier alpha value is -2.16. The van der Waals surface area contributed by atoms with Crippen LogP contribution in [-0.4, -0.2) is 27.0 Å². The molecule has 128 valence electrons. The molecule has 0 aliphatic carbocycles. The number of sulfonamides is 1. The molecule has 7 nitrogen and oxygen atoms in total. The molecule has 0 aliphatic heterocycles. The van der Waals surface area contributed by atoms with Crippen molar-refractivity contribution in [1.82, 2.24) is 4.72 Å². The molecule has 0 atom stereocenters. The zero-order chi connectivity index (χ0) is 17.7. The molecule has 2 aromatic carbocycles. The molecule has 0 aliphatic rings. The van der Waals surface area contributed by atoms with Crippen LogP contribution in [0.15, 0.2) is 47.4 Å². The summed E-state index contributed by atoms with van der Waals surface area (Å²) in [5.74, 6) is -0.0804. The van der Waals surface area contributed by atoms with E-state index in [4.69, 9.17) is 16.3 Å². The Morgan fingerprint density at radius 3 is 2.46 bits per heavy atom. The lowest BCUT2D eigenvalue weighted by molar-refractivity contribution is -0.385. The van der Waals surface area contributed by atoms with Crippen LogP contribution in [0, 0.1) is 10.1 Å². The third-order valence-electron chi connectivity index (χ3n) is 3.27. The molecule has 2 rings (SSSR count). The van der Waals surface area contributed by atoms with Gasteiger partial charge in [0.15, 0.2) is 0 Å². The first-order chi connectivity index (χ1) is 11.3. The molecule has 9 heteroatoms. The van der Waals surface area contributed by atoms with Gasteiger partial charge in [0.25, 0.3) is 5.69 Å². The van der Waals surface area contributed by atoms with Crippen molar-refractivity contribution in [2.24, 2.45) is 0 Å². The largest absolute Gasteiger partial charge is 0.495 e. The number of nitro groups is 1. The number of nitrogens with zero attached hydrogens (tertiary/aromatic N) is 1. The van der Waals surface area contributed by atoms with E-state index in [-0.39, 0.29) is 22.9 Å². The van der Waals surface area contributed by atoms with E-state index in [1.54, 1.807) is 12.1 Å². The van der Waals surface area contributed by atoms with Crippen LogP contribution in [0.4, 0.5) is 5.69 Å². The average molecular weight is 371 g/mol. The number of hydrogen-bond acceptors (Lipinski definition) is 5. The molecule has 0 radical (unpaired) electrons. The zero-order valence-electron chi connectivity index (χ0n) is 12.7. The summed E-state index contributed by atoms with van der Waals surface area (Å²) in [6.45, 7) is 0.171. The van der Waals surface area contributed by atoms with Gasteiger partial charge < -0.3 is 4.74 Å². The van der Waals surface area contributed by atoms with Gasteiger partial charge in [0.05, 0.1) is 18.1 Å².